The number of carbonyl (C=O) groups is 1. The average molecular weight is 299 g/mol. The van der Waals surface area contributed by atoms with Gasteiger partial charge in [0.15, 0.2) is 5.75 Å². The van der Waals surface area contributed by atoms with Crippen LogP contribution in [0.15, 0.2) is 18.2 Å². The molecule has 0 aliphatic heterocycles. The number of hydrogen-bond acceptors (Lipinski definition) is 3. The Hall–Kier alpha value is -1.46. The van der Waals surface area contributed by atoms with Gasteiger partial charge in [0.1, 0.15) is 0 Å². The number of halogens is 1. The summed E-state index contributed by atoms with van der Waals surface area (Å²) in [4.78, 5) is 12.1. The summed E-state index contributed by atoms with van der Waals surface area (Å²) in [7, 11) is 1.50. The standard InChI is InChI=1S/C14H19ClN2O3/c1-20-12-10(15)5-4-6-11(12)16-13(19)17-14(9-18)7-2-3-8-14/h4-6,18H,2-3,7-9H2,1H3,(H2,16,17,19). The monoisotopic (exact) mass is 298 g/mol. The van der Waals surface area contributed by atoms with Crippen LogP contribution in [-0.2, 0) is 0 Å². The highest BCUT2D eigenvalue weighted by Crippen LogP contribution is 2.33. The van der Waals surface area contributed by atoms with E-state index in [0.29, 0.717) is 16.5 Å². The summed E-state index contributed by atoms with van der Waals surface area (Å²) in [5, 5.41) is 15.5. The highest BCUT2D eigenvalue weighted by molar-refractivity contribution is 6.32. The topological polar surface area (TPSA) is 70.6 Å². The van der Waals surface area contributed by atoms with Gasteiger partial charge in [0.25, 0.3) is 0 Å². The van der Waals surface area contributed by atoms with E-state index in [-0.39, 0.29) is 12.6 Å². The lowest BCUT2D eigenvalue weighted by atomic mass is 9.99. The third kappa shape index (κ3) is 3.16. The number of carbonyl (C=O) groups excluding carboxylic acids is 1. The summed E-state index contributed by atoms with van der Waals surface area (Å²) in [6.45, 7) is -0.0485. The van der Waals surface area contributed by atoms with Crippen molar-refractivity contribution in [3.05, 3.63) is 23.2 Å². The van der Waals surface area contributed by atoms with Gasteiger partial charge in [-0.3, -0.25) is 0 Å². The Bertz CT molecular complexity index is 487. The third-order valence-electron chi connectivity index (χ3n) is 3.66. The van der Waals surface area contributed by atoms with Crippen molar-refractivity contribution in [1.82, 2.24) is 5.32 Å². The fourth-order valence-corrected chi connectivity index (χ4v) is 2.84. The van der Waals surface area contributed by atoms with Crippen LogP contribution in [0.5, 0.6) is 5.75 Å². The molecule has 2 rings (SSSR count). The first-order valence-corrected chi connectivity index (χ1v) is 7.00. The smallest absolute Gasteiger partial charge is 0.319 e. The van der Waals surface area contributed by atoms with Crippen molar-refractivity contribution in [2.75, 3.05) is 19.0 Å². The van der Waals surface area contributed by atoms with Crippen molar-refractivity contribution in [1.29, 1.82) is 0 Å². The average Bonchev–Trinajstić information content (AvgIpc) is 2.88. The molecule has 1 saturated carbocycles. The SMILES string of the molecule is COc1c(Cl)cccc1NC(=O)NC1(CO)CCCC1. The van der Waals surface area contributed by atoms with Gasteiger partial charge in [-0.1, -0.05) is 30.5 Å². The maximum atomic E-state index is 12.1. The largest absolute Gasteiger partial charge is 0.493 e. The first-order valence-electron chi connectivity index (χ1n) is 6.63. The van der Waals surface area contributed by atoms with Crippen molar-refractivity contribution < 1.29 is 14.6 Å². The van der Waals surface area contributed by atoms with Crippen molar-refractivity contribution >= 4 is 23.3 Å². The molecule has 5 nitrogen and oxygen atoms in total. The fourth-order valence-electron chi connectivity index (χ4n) is 2.58. The molecule has 0 radical (unpaired) electrons. The molecule has 1 aromatic carbocycles. The number of amides is 2. The number of nitrogens with one attached hydrogen (secondary N) is 2. The predicted octanol–water partition coefficient (Wildman–Crippen LogP) is 2.78. The minimum atomic E-state index is -0.504. The lowest BCUT2D eigenvalue weighted by Gasteiger charge is -2.28. The van der Waals surface area contributed by atoms with Gasteiger partial charge < -0.3 is 20.5 Å². The number of aliphatic hydroxyl groups excluding tert-OH is 1. The van der Waals surface area contributed by atoms with Crippen LogP contribution in [0, 0.1) is 0 Å². The summed E-state index contributed by atoms with van der Waals surface area (Å²) in [5.74, 6) is 0.425. The molecular formula is C14H19ClN2O3. The second kappa shape index (κ2) is 6.33. The maximum absolute atomic E-state index is 12.1. The zero-order chi connectivity index (χ0) is 14.6. The second-order valence-corrected chi connectivity index (χ2v) is 5.45. The van der Waals surface area contributed by atoms with Crippen LogP contribution in [0.25, 0.3) is 0 Å². The number of rotatable bonds is 4. The van der Waals surface area contributed by atoms with Crippen molar-refractivity contribution in [3.8, 4) is 5.75 Å². The Morgan fingerprint density at radius 2 is 2.15 bits per heavy atom. The molecule has 1 aliphatic carbocycles. The molecule has 1 fully saturated rings. The quantitative estimate of drug-likeness (QED) is 0.800. The molecule has 0 aromatic heterocycles. The second-order valence-electron chi connectivity index (χ2n) is 5.05. The zero-order valence-corrected chi connectivity index (χ0v) is 12.2. The number of ether oxygens (including phenoxy) is 1. The van der Waals surface area contributed by atoms with Gasteiger partial charge in [-0.15, -0.1) is 0 Å². The molecular weight excluding hydrogens is 280 g/mol. The van der Waals surface area contributed by atoms with E-state index in [9.17, 15) is 9.90 Å². The van der Waals surface area contributed by atoms with E-state index in [1.165, 1.54) is 7.11 Å². The van der Waals surface area contributed by atoms with Crippen LogP contribution < -0.4 is 15.4 Å². The lowest BCUT2D eigenvalue weighted by molar-refractivity contribution is 0.167. The van der Waals surface area contributed by atoms with E-state index in [0.717, 1.165) is 25.7 Å². The number of aliphatic hydroxyl groups is 1. The van der Waals surface area contributed by atoms with E-state index in [1.54, 1.807) is 18.2 Å². The van der Waals surface area contributed by atoms with Gasteiger partial charge >= 0.3 is 6.03 Å². The van der Waals surface area contributed by atoms with E-state index in [4.69, 9.17) is 16.3 Å². The first-order chi connectivity index (χ1) is 9.60. The Morgan fingerprint density at radius 3 is 2.75 bits per heavy atom. The maximum Gasteiger partial charge on any atom is 0.319 e. The van der Waals surface area contributed by atoms with Crippen LogP contribution >= 0.6 is 11.6 Å². The minimum absolute atomic E-state index is 0.0485. The van der Waals surface area contributed by atoms with Gasteiger partial charge in [-0.25, -0.2) is 4.79 Å². The number of anilines is 1. The van der Waals surface area contributed by atoms with Gasteiger partial charge in [0.05, 0.1) is 30.0 Å². The molecule has 1 aromatic rings. The predicted molar refractivity (Wildman–Crippen MR) is 78.4 cm³/mol. The van der Waals surface area contributed by atoms with Crippen molar-refractivity contribution in [2.24, 2.45) is 0 Å². The Kier molecular flexibility index (Phi) is 4.73. The molecule has 0 atom stereocenters. The molecule has 3 N–H and O–H groups in total. The summed E-state index contributed by atoms with van der Waals surface area (Å²) >= 11 is 6.00. The van der Waals surface area contributed by atoms with Gasteiger partial charge in [0.2, 0.25) is 0 Å². The number of para-hydroxylation sites is 1. The summed E-state index contributed by atoms with van der Waals surface area (Å²) < 4.78 is 5.17. The van der Waals surface area contributed by atoms with Crippen LogP contribution in [-0.4, -0.2) is 30.4 Å². The molecule has 2 amide bonds. The molecule has 20 heavy (non-hydrogen) atoms. The minimum Gasteiger partial charge on any atom is -0.493 e. The molecule has 1 aliphatic rings. The lowest BCUT2D eigenvalue weighted by Crippen LogP contribution is -2.50. The third-order valence-corrected chi connectivity index (χ3v) is 3.96. The van der Waals surface area contributed by atoms with E-state index >= 15 is 0 Å². The van der Waals surface area contributed by atoms with Gasteiger partial charge in [-0.2, -0.15) is 0 Å². The molecule has 0 spiro atoms. The number of methoxy groups -OCH3 is 1. The highest BCUT2D eigenvalue weighted by Gasteiger charge is 2.34. The first kappa shape index (κ1) is 14.9. The van der Waals surface area contributed by atoms with Gasteiger partial charge in [-0.05, 0) is 25.0 Å². The Balaban J connectivity index is 2.06. The molecule has 0 bridgehead atoms. The highest BCUT2D eigenvalue weighted by atomic mass is 35.5. The van der Waals surface area contributed by atoms with Gasteiger partial charge in [0, 0.05) is 0 Å². The number of benzene rings is 1. The van der Waals surface area contributed by atoms with Crippen LogP contribution in [0.4, 0.5) is 10.5 Å². The van der Waals surface area contributed by atoms with E-state index in [2.05, 4.69) is 10.6 Å². The van der Waals surface area contributed by atoms with E-state index < -0.39 is 5.54 Å². The van der Waals surface area contributed by atoms with E-state index in [1.807, 2.05) is 0 Å². The zero-order valence-electron chi connectivity index (χ0n) is 11.4. The molecule has 6 heteroatoms. The van der Waals surface area contributed by atoms with Crippen LogP contribution in [0.1, 0.15) is 25.7 Å². The summed E-state index contributed by atoms with van der Waals surface area (Å²) in [6, 6.07) is 4.78. The molecule has 0 heterocycles. The Labute approximate surface area is 123 Å². The van der Waals surface area contributed by atoms with Crippen molar-refractivity contribution in [3.63, 3.8) is 0 Å². The normalized spacial score (nSPS) is 16.8. The summed E-state index contributed by atoms with van der Waals surface area (Å²) in [5.41, 5.74) is -0.000753. The summed E-state index contributed by atoms with van der Waals surface area (Å²) in [6.07, 6.45) is 3.62. The molecule has 110 valence electrons. The molecule has 0 saturated heterocycles. The van der Waals surface area contributed by atoms with Crippen LogP contribution in [0.3, 0.4) is 0 Å². The van der Waals surface area contributed by atoms with Crippen molar-refractivity contribution in [2.45, 2.75) is 31.2 Å². The number of urea groups is 1. The van der Waals surface area contributed by atoms with Crippen LogP contribution in [0.2, 0.25) is 5.02 Å². The fraction of sp³-hybridized carbons (Fsp3) is 0.500. The molecule has 0 unspecified atom stereocenters. The Morgan fingerprint density at radius 1 is 1.45 bits per heavy atom. The number of hydrogen-bond donors (Lipinski definition) is 3.